The number of unbranched alkanes of at least 4 members (excludes halogenated alkanes) is 37. The Balaban J connectivity index is 3.82. The SMILES string of the molecule is CC/C=C\C/C=C\C/C=C\C/C=C\C/C=C\C/C=C\CCCCCCCCCCCCCCCCCCC(=O)OC(COC(=O)CCCCCCCCCCCCCCCCCCCCCCC/C=C\C/C=C\C/C=C\C/C=C\C/C=C\CC)COP(=O)(O)OCCN. The van der Waals surface area contributed by atoms with Gasteiger partial charge in [0.2, 0.25) is 0 Å². The van der Waals surface area contributed by atoms with Crippen LogP contribution in [0.5, 0.6) is 0 Å². The summed E-state index contributed by atoms with van der Waals surface area (Å²) >= 11 is 0. The van der Waals surface area contributed by atoms with Crippen molar-refractivity contribution in [3.63, 3.8) is 0 Å². The van der Waals surface area contributed by atoms with E-state index in [1.54, 1.807) is 0 Å². The molecule has 0 aromatic heterocycles. The van der Waals surface area contributed by atoms with Gasteiger partial charge in [-0.1, -0.05) is 359 Å². The van der Waals surface area contributed by atoms with Crippen LogP contribution in [0.1, 0.15) is 348 Å². The van der Waals surface area contributed by atoms with Gasteiger partial charge in [-0.05, 0) is 109 Å². The van der Waals surface area contributed by atoms with Gasteiger partial charge in [-0.2, -0.15) is 0 Å². The third-order valence-electron chi connectivity index (χ3n) is 16.5. The first kappa shape index (κ1) is 89.2. The number of carbonyl (C=O) groups excluding carboxylic acids is 2. The molecule has 0 amide bonds. The second-order valence-electron chi connectivity index (χ2n) is 25.5. The van der Waals surface area contributed by atoms with Crippen molar-refractivity contribution < 1.29 is 37.6 Å². The second-order valence-corrected chi connectivity index (χ2v) is 26.9. The van der Waals surface area contributed by atoms with Crippen LogP contribution in [0.15, 0.2) is 134 Å². The lowest BCUT2D eigenvalue weighted by Gasteiger charge is -2.19. The van der Waals surface area contributed by atoms with Crippen molar-refractivity contribution in [2.45, 2.75) is 354 Å². The number of phosphoric acid groups is 1. The zero-order valence-corrected chi connectivity index (χ0v) is 61.1. The number of rotatable bonds is 72. The Morgan fingerprint density at radius 1 is 0.323 bits per heavy atom. The number of hydrogen-bond acceptors (Lipinski definition) is 8. The molecule has 0 saturated heterocycles. The summed E-state index contributed by atoms with van der Waals surface area (Å²) in [5, 5.41) is 0. The van der Waals surface area contributed by atoms with Crippen molar-refractivity contribution in [3.8, 4) is 0 Å². The topological polar surface area (TPSA) is 134 Å². The largest absolute Gasteiger partial charge is 0.472 e. The molecule has 0 fully saturated rings. The van der Waals surface area contributed by atoms with Crippen LogP contribution in [-0.2, 0) is 32.7 Å². The Labute approximate surface area is 574 Å². The van der Waals surface area contributed by atoms with E-state index in [-0.39, 0.29) is 38.6 Å². The maximum atomic E-state index is 12.8. The second kappa shape index (κ2) is 77.2. The van der Waals surface area contributed by atoms with Gasteiger partial charge < -0.3 is 20.1 Å². The fraction of sp³-hybridized carbons (Fsp3) is 0.711. The van der Waals surface area contributed by atoms with E-state index >= 15 is 0 Å². The predicted molar refractivity (Wildman–Crippen MR) is 404 cm³/mol. The Kier molecular flexibility index (Phi) is 74.0. The van der Waals surface area contributed by atoms with E-state index in [2.05, 4.69) is 148 Å². The van der Waals surface area contributed by atoms with Gasteiger partial charge in [-0.15, -0.1) is 0 Å². The molecular formula is C83H144NO8P. The van der Waals surface area contributed by atoms with E-state index < -0.39 is 26.5 Å². The standard InChI is InChI=1S/C83H144NO8P/c1-3-5-7-9-11-13-15-17-19-21-23-25-27-29-31-33-35-37-39-40-42-43-45-47-49-51-53-55-57-59-61-63-65-67-69-71-73-75-82(85)89-79-81(80-91-93(87,88)90-78-77-84)92-83(86)76-74-72-70-68-66-64-62-60-58-56-54-52-50-48-46-44-41-38-36-34-32-30-28-26-24-22-20-18-16-14-12-10-8-6-4-2/h5-8,11-14,17-20,23-26,29-32,36,38,81H,3-4,9-10,15-16,21-22,27-28,33-35,37,39-80,84H2,1-2H3,(H,87,88)/b7-5-,8-6-,13-11-,14-12-,19-17-,20-18-,25-23-,26-24-,31-29-,32-30-,38-36-. The Hall–Kier alpha value is -3.85. The molecule has 0 aromatic carbocycles. The van der Waals surface area contributed by atoms with Gasteiger partial charge in [0.25, 0.3) is 0 Å². The minimum absolute atomic E-state index is 0.0509. The molecule has 2 unspecified atom stereocenters. The first-order valence-electron chi connectivity index (χ1n) is 38.7. The third-order valence-corrected chi connectivity index (χ3v) is 17.5. The van der Waals surface area contributed by atoms with Gasteiger partial charge in [0.15, 0.2) is 6.10 Å². The number of carbonyl (C=O) groups is 2. The Morgan fingerprint density at radius 3 is 0.828 bits per heavy atom. The molecule has 10 heteroatoms. The van der Waals surface area contributed by atoms with Crippen molar-refractivity contribution in [2.75, 3.05) is 26.4 Å². The smallest absolute Gasteiger partial charge is 0.462 e. The lowest BCUT2D eigenvalue weighted by Crippen LogP contribution is -2.29. The van der Waals surface area contributed by atoms with Crippen molar-refractivity contribution in [3.05, 3.63) is 134 Å². The van der Waals surface area contributed by atoms with E-state index in [9.17, 15) is 19.0 Å². The Bertz CT molecular complexity index is 1990. The average Bonchev–Trinajstić information content (AvgIpc) is 3.70. The van der Waals surface area contributed by atoms with Gasteiger partial charge in [0, 0.05) is 19.4 Å². The number of phosphoric ester groups is 1. The number of ether oxygens (including phenoxy) is 2. The molecule has 0 aliphatic heterocycles. The molecule has 2 atom stereocenters. The van der Waals surface area contributed by atoms with Crippen LogP contribution in [0.25, 0.3) is 0 Å². The minimum atomic E-state index is -4.40. The van der Waals surface area contributed by atoms with Gasteiger partial charge in [-0.3, -0.25) is 18.6 Å². The van der Waals surface area contributed by atoms with E-state index in [4.69, 9.17) is 24.3 Å². The Morgan fingerprint density at radius 2 is 0.559 bits per heavy atom. The molecule has 534 valence electrons. The lowest BCUT2D eigenvalue weighted by atomic mass is 10.0. The first-order valence-corrected chi connectivity index (χ1v) is 40.2. The van der Waals surface area contributed by atoms with Crippen molar-refractivity contribution >= 4 is 19.8 Å². The van der Waals surface area contributed by atoms with Gasteiger partial charge >= 0.3 is 19.8 Å². The molecule has 0 spiro atoms. The quantitative estimate of drug-likeness (QED) is 0.0264. The predicted octanol–water partition coefficient (Wildman–Crippen LogP) is 26.0. The molecular weight excluding hydrogens is 1170 g/mol. The van der Waals surface area contributed by atoms with Crippen molar-refractivity contribution in [1.82, 2.24) is 0 Å². The molecule has 3 N–H and O–H groups in total. The molecule has 0 aliphatic carbocycles. The molecule has 9 nitrogen and oxygen atoms in total. The average molecular weight is 1320 g/mol. The maximum absolute atomic E-state index is 12.8. The fourth-order valence-electron chi connectivity index (χ4n) is 10.9. The van der Waals surface area contributed by atoms with Gasteiger partial charge in [0.1, 0.15) is 6.61 Å². The zero-order chi connectivity index (χ0) is 67.2. The molecule has 93 heavy (non-hydrogen) atoms. The lowest BCUT2D eigenvalue weighted by molar-refractivity contribution is -0.161. The summed E-state index contributed by atoms with van der Waals surface area (Å²) in [5.41, 5.74) is 5.41. The number of hydrogen-bond donors (Lipinski definition) is 2. The van der Waals surface area contributed by atoms with Crippen LogP contribution in [0.2, 0.25) is 0 Å². The summed E-state index contributed by atoms with van der Waals surface area (Å²) in [7, 11) is -4.40. The maximum Gasteiger partial charge on any atom is 0.472 e. The van der Waals surface area contributed by atoms with Gasteiger partial charge in [0.05, 0.1) is 13.2 Å². The monoisotopic (exact) mass is 1310 g/mol. The molecule has 0 bridgehead atoms. The van der Waals surface area contributed by atoms with Crippen LogP contribution in [0, 0.1) is 0 Å². The summed E-state index contributed by atoms with van der Waals surface area (Å²) in [6, 6.07) is 0. The first-order chi connectivity index (χ1) is 45.8. The minimum Gasteiger partial charge on any atom is -0.462 e. The highest BCUT2D eigenvalue weighted by Crippen LogP contribution is 2.43. The van der Waals surface area contributed by atoms with Crippen LogP contribution in [0.4, 0.5) is 0 Å². The van der Waals surface area contributed by atoms with Gasteiger partial charge in [-0.25, -0.2) is 4.57 Å². The van der Waals surface area contributed by atoms with E-state index in [0.717, 1.165) is 109 Å². The highest BCUT2D eigenvalue weighted by molar-refractivity contribution is 7.47. The summed E-state index contributed by atoms with van der Waals surface area (Å²) in [6.07, 6.45) is 110. The van der Waals surface area contributed by atoms with E-state index in [1.807, 2.05) is 0 Å². The molecule has 0 heterocycles. The van der Waals surface area contributed by atoms with Crippen LogP contribution < -0.4 is 5.73 Å². The summed E-state index contributed by atoms with van der Waals surface area (Å²) < 4.78 is 33.3. The van der Waals surface area contributed by atoms with Crippen LogP contribution in [0.3, 0.4) is 0 Å². The van der Waals surface area contributed by atoms with Crippen LogP contribution >= 0.6 is 7.82 Å². The van der Waals surface area contributed by atoms with E-state index in [0.29, 0.717) is 6.42 Å². The number of nitrogens with two attached hydrogens (primary N) is 1. The molecule has 0 radical (unpaired) electrons. The number of esters is 2. The third kappa shape index (κ3) is 77.0. The van der Waals surface area contributed by atoms with Crippen molar-refractivity contribution in [2.24, 2.45) is 5.73 Å². The molecule has 0 saturated carbocycles. The molecule has 0 aliphatic rings. The summed E-state index contributed by atoms with van der Waals surface area (Å²) in [5.74, 6) is -0.817. The zero-order valence-electron chi connectivity index (χ0n) is 60.2. The highest BCUT2D eigenvalue weighted by atomic mass is 31.2. The van der Waals surface area contributed by atoms with Crippen LogP contribution in [-0.4, -0.2) is 49.3 Å². The number of allylic oxidation sites excluding steroid dienone is 22. The normalized spacial score (nSPS) is 13.6. The van der Waals surface area contributed by atoms with Crippen molar-refractivity contribution in [1.29, 1.82) is 0 Å². The highest BCUT2D eigenvalue weighted by Gasteiger charge is 2.26. The summed E-state index contributed by atoms with van der Waals surface area (Å²) in [4.78, 5) is 35.5. The summed E-state index contributed by atoms with van der Waals surface area (Å²) in [6.45, 7) is 3.55. The van der Waals surface area contributed by atoms with E-state index in [1.165, 1.54) is 205 Å². The molecule has 0 rings (SSSR count). The fourth-order valence-corrected chi connectivity index (χ4v) is 11.7. The molecule has 0 aromatic rings.